The molecule has 0 saturated carbocycles. The van der Waals surface area contributed by atoms with Gasteiger partial charge in [0.2, 0.25) is 0 Å². The predicted molar refractivity (Wildman–Crippen MR) is 102 cm³/mol. The number of benzene rings is 1. The largest absolute Gasteiger partial charge is 0.545 e. The van der Waals surface area contributed by atoms with Crippen LogP contribution in [0.1, 0.15) is 51.4 Å². The Labute approximate surface area is 157 Å². The number of aromatic carboxylic acids is 1. The first-order valence-electron chi connectivity index (χ1n) is 8.91. The maximum absolute atomic E-state index is 11.9. The monoisotopic (exact) mass is 356 g/mol. The van der Waals surface area contributed by atoms with Crippen molar-refractivity contribution >= 4 is 28.5 Å². The molecule has 1 aliphatic carbocycles. The molecule has 1 aromatic carbocycles. The van der Waals surface area contributed by atoms with Crippen LogP contribution in [-0.2, 0) is 13.5 Å². The van der Waals surface area contributed by atoms with Crippen molar-refractivity contribution in [2.45, 2.75) is 26.2 Å². The molecular formula is C22H18N3O2-. The molecule has 3 aromatic rings. The average Bonchev–Trinajstić information content (AvgIpc) is 2.94. The maximum atomic E-state index is 11.9. The van der Waals surface area contributed by atoms with Gasteiger partial charge < -0.3 is 14.5 Å². The highest BCUT2D eigenvalue weighted by Gasteiger charge is 2.22. The SMILES string of the molecule is Cc1c(/C=C2/CCCc3c2nc2ccccc2c3C(=O)[O-])cc(C#N)n1C. The second kappa shape index (κ2) is 6.40. The van der Waals surface area contributed by atoms with Crippen LogP contribution < -0.4 is 5.11 Å². The first-order chi connectivity index (χ1) is 13.0. The summed E-state index contributed by atoms with van der Waals surface area (Å²) in [5.41, 5.74) is 5.95. The van der Waals surface area contributed by atoms with E-state index in [1.54, 1.807) is 6.07 Å². The van der Waals surface area contributed by atoms with Gasteiger partial charge in [-0.3, -0.25) is 0 Å². The zero-order chi connectivity index (χ0) is 19.1. The van der Waals surface area contributed by atoms with Crippen molar-refractivity contribution in [3.05, 3.63) is 64.1 Å². The van der Waals surface area contributed by atoms with Gasteiger partial charge in [0.25, 0.3) is 0 Å². The van der Waals surface area contributed by atoms with E-state index in [9.17, 15) is 15.2 Å². The Morgan fingerprint density at radius 2 is 2.11 bits per heavy atom. The molecule has 0 radical (unpaired) electrons. The number of fused-ring (bicyclic) bond motifs is 2. The zero-order valence-corrected chi connectivity index (χ0v) is 15.2. The first kappa shape index (κ1) is 17.0. The number of pyridine rings is 1. The highest BCUT2D eigenvalue weighted by Crippen LogP contribution is 2.36. The summed E-state index contributed by atoms with van der Waals surface area (Å²) in [6.07, 6.45) is 4.39. The lowest BCUT2D eigenvalue weighted by Crippen LogP contribution is -2.26. The maximum Gasteiger partial charge on any atom is 0.120 e. The van der Waals surface area contributed by atoms with Crippen molar-refractivity contribution in [3.8, 4) is 6.07 Å². The number of carbonyl (C=O) groups is 1. The average molecular weight is 356 g/mol. The van der Waals surface area contributed by atoms with Crippen molar-refractivity contribution in [2.24, 2.45) is 7.05 Å². The van der Waals surface area contributed by atoms with Gasteiger partial charge in [-0.05, 0) is 61.1 Å². The van der Waals surface area contributed by atoms with E-state index in [4.69, 9.17) is 4.98 Å². The number of aromatic nitrogens is 2. The lowest BCUT2D eigenvalue weighted by atomic mass is 9.86. The molecule has 5 heteroatoms. The molecule has 134 valence electrons. The van der Waals surface area contributed by atoms with Crippen molar-refractivity contribution in [2.75, 3.05) is 0 Å². The van der Waals surface area contributed by atoms with Crippen molar-refractivity contribution in [1.29, 1.82) is 5.26 Å². The summed E-state index contributed by atoms with van der Waals surface area (Å²) in [6, 6.07) is 11.3. The quantitative estimate of drug-likeness (QED) is 0.707. The predicted octanol–water partition coefficient (Wildman–Crippen LogP) is 2.99. The molecule has 0 aliphatic heterocycles. The molecule has 27 heavy (non-hydrogen) atoms. The minimum absolute atomic E-state index is 0.253. The van der Waals surface area contributed by atoms with E-state index in [0.29, 0.717) is 23.0 Å². The lowest BCUT2D eigenvalue weighted by molar-refractivity contribution is -0.254. The summed E-state index contributed by atoms with van der Waals surface area (Å²) in [6.45, 7) is 1.97. The second-order valence-corrected chi connectivity index (χ2v) is 6.88. The van der Waals surface area contributed by atoms with Gasteiger partial charge in [0.05, 0.1) is 17.2 Å². The van der Waals surface area contributed by atoms with E-state index in [-0.39, 0.29) is 5.56 Å². The van der Waals surface area contributed by atoms with E-state index in [2.05, 4.69) is 6.07 Å². The van der Waals surface area contributed by atoms with Crippen LogP contribution in [0.4, 0.5) is 0 Å². The van der Waals surface area contributed by atoms with E-state index >= 15 is 0 Å². The Kier molecular flexibility index (Phi) is 4.04. The number of rotatable bonds is 2. The zero-order valence-electron chi connectivity index (χ0n) is 15.2. The fourth-order valence-corrected chi connectivity index (χ4v) is 3.87. The molecule has 1 aliphatic rings. The van der Waals surface area contributed by atoms with Crippen LogP contribution >= 0.6 is 0 Å². The van der Waals surface area contributed by atoms with Gasteiger partial charge in [-0.15, -0.1) is 0 Å². The molecule has 5 nitrogen and oxygen atoms in total. The Morgan fingerprint density at radius 1 is 1.33 bits per heavy atom. The van der Waals surface area contributed by atoms with Crippen LogP contribution in [0.5, 0.6) is 0 Å². The fourth-order valence-electron chi connectivity index (χ4n) is 3.87. The van der Waals surface area contributed by atoms with Gasteiger partial charge in [0.1, 0.15) is 11.8 Å². The fraction of sp³-hybridized carbons (Fsp3) is 0.227. The Bertz CT molecular complexity index is 1160. The number of hydrogen-bond acceptors (Lipinski definition) is 4. The van der Waals surface area contributed by atoms with E-state index < -0.39 is 5.97 Å². The minimum atomic E-state index is -1.16. The van der Waals surface area contributed by atoms with E-state index in [1.165, 1.54) is 0 Å². The molecule has 0 fully saturated rings. The highest BCUT2D eigenvalue weighted by molar-refractivity contribution is 6.05. The summed E-state index contributed by atoms with van der Waals surface area (Å²) in [5.74, 6) is -1.16. The minimum Gasteiger partial charge on any atom is -0.545 e. The number of allylic oxidation sites excluding steroid dienone is 1. The molecule has 2 heterocycles. The van der Waals surface area contributed by atoms with Crippen LogP contribution in [0.25, 0.3) is 22.6 Å². The third-order valence-electron chi connectivity index (χ3n) is 5.39. The normalized spacial score (nSPS) is 14.9. The number of nitriles is 1. The third-order valence-corrected chi connectivity index (χ3v) is 5.39. The standard InChI is InChI=1S/C22H19N3O2/c1-13-15(11-16(12-23)25(13)2)10-14-6-5-8-18-20(22(26)27)17-7-3-4-9-19(17)24-21(14)18/h3-4,7,9-11H,5-6,8H2,1-2H3,(H,26,27)/p-1/b14-10-. The molecule has 0 atom stereocenters. The summed E-state index contributed by atoms with van der Waals surface area (Å²) < 4.78 is 1.86. The van der Waals surface area contributed by atoms with Gasteiger partial charge >= 0.3 is 0 Å². The van der Waals surface area contributed by atoms with Crippen LogP contribution in [0.15, 0.2) is 30.3 Å². The molecule has 4 rings (SSSR count). The number of carboxylic acids is 1. The van der Waals surface area contributed by atoms with Crippen LogP contribution in [0.3, 0.4) is 0 Å². The van der Waals surface area contributed by atoms with Gasteiger partial charge in [-0.25, -0.2) is 4.98 Å². The number of hydrogen-bond donors (Lipinski definition) is 0. The second-order valence-electron chi connectivity index (χ2n) is 6.88. The molecule has 0 saturated heterocycles. The van der Waals surface area contributed by atoms with E-state index in [0.717, 1.165) is 40.9 Å². The number of carboxylic acid groups (broad SMARTS) is 1. The summed E-state index contributed by atoms with van der Waals surface area (Å²) in [7, 11) is 1.87. The smallest absolute Gasteiger partial charge is 0.120 e. The number of para-hydroxylation sites is 1. The van der Waals surface area contributed by atoms with Crippen LogP contribution in [0.2, 0.25) is 0 Å². The Morgan fingerprint density at radius 3 is 2.81 bits per heavy atom. The summed E-state index contributed by atoms with van der Waals surface area (Å²) >= 11 is 0. The molecule has 0 amide bonds. The third kappa shape index (κ3) is 2.70. The summed E-state index contributed by atoms with van der Waals surface area (Å²) in [5, 5.41) is 21.8. The molecular weight excluding hydrogens is 338 g/mol. The van der Waals surface area contributed by atoms with Crippen molar-refractivity contribution in [3.63, 3.8) is 0 Å². The molecule has 0 bridgehead atoms. The van der Waals surface area contributed by atoms with Crippen LogP contribution in [-0.4, -0.2) is 15.5 Å². The molecule has 2 aromatic heterocycles. The number of carbonyl (C=O) groups excluding carboxylic acids is 1. The Balaban J connectivity index is 1.97. The van der Waals surface area contributed by atoms with Crippen molar-refractivity contribution in [1.82, 2.24) is 9.55 Å². The topological polar surface area (TPSA) is 81.7 Å². The summed E-state index contributed by atoms with van der Waals surface area (Å²) in [4.78, 5) is 16.7. The van der Waals surface area contributed by atoms with Gasteiger partial charge in [0, 0.05) is 23.7 Å². The van der Waals surface area contributed by atoms with Gasteiger partial charge in [0.15, 0.2) is 0 Å². The van der Waals surface area contributed by atoms with Gasteiger partial charge in [-0.1, -0.05) is 18.2 Å². The highest BCUT2D eigenvalue weighted by atomic mass is 16.4. The van der Waals surface area contributed by atoms with E-state index in [1.807, 2.05) is 48.9 Å². The Hall–Kier alpha value is -3.39. The molecule has 0 spiro atoms. The lowest BCUT2D eigenvalue weighted by Gasteiger charge is -2.23. The first-order valence-corrected chi connectivity index (χ1v) is 8.91. The molecule has 0 unspecified atom stereocenters. The number of nitrogens with zero attached hydrogens (tertiary/aromatic N) is 3. The van der Waals surface area contributed by atoms with Gasteiger partial charge in [-0.2, -0.15) is 5.26 Å². The molecule has 0 N–H and O–H groups in total. The van der Waals surface area contributed by atoms with Crippen molar-refractivity contribution < 1.29 is 9.90 Å². The van der Waals surface area contributed by atoms with Crippen LogP contribution in [0, 0.1) is 18.3 Å².